The predicted octanol–water partition coefficient (Wildman–Crippen LogP) is 2.85. The first-order valence-electron chi connectivity index (χ1n) is 8.82. The number of imidazole rings is 1. The van der Waals surface area contributed by atoms with Crippen molar-refractivity contribution in [3.05, 3.63) is 41.5 Å². The van der Waals surface area contributed by atoms with E-state index in [0.717, 1.165) is 54.7 Å². The van der Waals surface area contributed by atoms with Crippen LogP contribution in [0.1, 0.15) is 17.4 Å². The molecule has 136 valence electrons. The molecule has 1 fully saturated rings. The first-order chi connectivity index (χ1) is 12.7. The molecule has 0 atom stereocenters. The molecule has 7 heteroatoms. The van der Waals surface area contributed by atoms with Crippen molar-refractivity contribution in [1.29, 1.82) is 0 Å². The van der Waals surface area contributed by atoms with Crippen LogP contribution in [0.25, 0.3) is 16.2 Å². The average Bonchev–Trinajstić information content (AvgIpc) is 3.28. The lowest BCUT2D eigenvalue weighted by atomic mass is 10.1. The highest BCUT2D eigenvalue weighted by Gasteiger charge is 2.24. The second-order valence-electron chi connectivity index (χ2n) is 6.36. The third-order valence-electron chi connectivity index (χ3n) is 4.90. The van der Waals surface area contributed by atoms with E-state index >= 15 is 0 Å². The van der Waals surface area contributed by atoms with E-state index in [4.69, 9.17) is 4.74 Å². The van der Waals surface area contributed by atoms with E-state index in [0.29, 0.717) is 5.69 Å². The quantitative estimate of drug-likeness (QED) is 0.709. The van der Waals surface area contributed by atoms with Gasteiger partial charge in [-0.15, -0.1) is 11.3 Å². The Balaban J connectivity index is 1.61. The molecular formula is C19H22N4O2S. The zero-order valence-corrected chi connectivity index (χ0v) is 15.8. The van der Waals surface area contributed by atoms with Gasteiger partial charge in [-0.05, 0) is 18.7 Å². The molecule has 3 heterocycles. The number of carbonyl (C=O) groups excluding carboxylic acids is 1. The summed E-state index contributed by atoms with van der Waals surface area (Å²) in [5.74, 6) is 0.880. The van der Waals surface area contributed by atoms with Gasteiger partial charge in [0.1, 0.15) is 11.4 Å². The van der Waals surface area contributed by atoms with Gasteiger partial charge in [-0.1, -0.05) is 19.1 Å². The predicted molar refractivity (Wildman–Crippen MR) is 103 cm³/mol. The largest absolute Gasteiger partial charge is 0.497 e. The summed E-state index contributed by atoms with van der Waals surface area (Å²) in [4.78, 5) is 22.8. The van der Waals surface area contributed by atoms with Crippen LogP contribution in [0.5, 0.6) is 5.75 Å². The van der Waals surface area contributed by atoms with Crippen molar-refractivity contribution >= 4 is 22.2 Å². The third-order valence-corrected chi connectivity index (χ3v) is 5.74. The number of hydrogen-bond donors (Lipinski definition) is 0. The van der Waals surface area contributed by atoms with Gasteiger partial charge in [0.15, 0.2) is 4.96 Å². The molecule has 1 amide bonds. The van der Waals surface area contributed by atoms with E-state index in [1.54, 1.807) is 7.11 Å². The molecule has 1 aliphatic rings. The summed E-state index contributed by atoms with van der Waals surface area (Å²) < 4.78 is 7.21. The smallest absolute Gasteiger partial charge is 0.271 e. The van der Waals surface area contributed by atoms with Crippen LogP contribution in [0, 0.1) is 0 Å². The lowest BCUT2D eigenvalue weighted by molar-refractivity contribution is 0.0637. The minimum atomic E-state index is 0.0848. The Morgan fingerprint density at radius 1 is 1.27 bits per heavy atom. The van der Waals surface area contributed by atoms with Crippen molar-refractivity contribution in [3.8, 4) is 17.0 Å². The first kappa shape index (κ1) is 17.1. The van der Waals surface area contributed by atoms with Crippen LogP contribution in [-0.2, 0) is 0 Å². The van der Waals surface area contributed by atoms with Gasteiger partial charge in [0.25, 0.3) is 5.91 Å². The Bertz CT molecular complexity index is 925. The van der Waals surface area contributed by atoms with Gasteiger partial charge in [-0.3, -0.25) is 9.20 Å². The van der Waals surface area contributed by atoms with E-state index in [9.17, 15) is 4.79 Å². The lowest BCUT2D eigenvalue weighted by Crippen LogP contribution is -2.48. The molecule has 1 aliphatic heterocycles. The second kappa shape index (κ2) is 7.09. The van der Waals surface area contributed by atoms with Crippen molar-refractivity contribution in [2.75, 3.05) is 39.8 Å². The Kier molecular flexibility index (Phi) is 4.65. The summed E-state index contributed by atoms with van der Waals surface area (Å²) in [5.41, 5.74) is 2.52. The number of thiazole rings is 1. The number of aromatic nitrogens is 2. The number of fused-ring (bicyclic) bond motifs is 1. The van der Waals surface area contributed by atoms with Gasteiger partial charge < -0.3 is 14.5 Å². The highest BCUT2D eigenvalue weighted by Crippen LogP contribution is 2.26. The summed E-state index contributed by atoms with van der Waals surface area (Å²) in [7, 11) is 1.65. The molecule has 1 aromatic carbocycles. The molecule has 0 bridgehead atoms. The Labute approximate surface area is 156 Å². The van der Waals surface area contributed by atoms with Gasteiger partial charge in [0.2, 0.25) is 0 Å². The molecule has 2 aromatic heterocycles. The number of benzene rings is 1. The molecule has 0 radical (unpaired) electrons. The molecule has 0 spiro atoms. The molecule has 0 unspecified atom stereocenters. The van der Waals surface area contributed by atoms with Crippen LogP contribution in [0.2, 0.25) is 0 Å². The summed E-state index contributed by atoms with van der Waals surface area (Å²) in [6.45, 7) is 6.63. The molecule has 1 saturated heterocycles. The van der Waals surface area contributed by atoms with Crippen LogP contribution in [0.4, 0.5) is 0 Å². The highest BCUT2D eigenvalue weighted by atomic mass is 32.1. The van der Waals surface area contributed by atoms with Gasteiger partial charge in [-0.2, -0.15) is 0 Å². The summed E-state index contributed by atoms with van der Waals surface area (Å²) >= 11 is 1.50. The number of amides is 1. The fourth-order valence-electron chi connectivity index (χ4n) is 3.29. The summed E-state index contributed by atoms with van der Waals surface area (Å²) in [6.07, 6.45) is 1.94. The van der Waals surface area contributed by atoms with Crippen LogP contribution in [0.15, 0.2) is 35.8 Å². The van der Waals surface area contributed by atoms with E-state index < -0.39 is 0 Å². The van der Waals surface area contributed by atoms with Crippen LogP contribution < -0.4 is 4.74 Å². The Hall–Kier alpha value is -2.38. The second-order valence-corrected chi connectivity index (χ2v) is 7.19. The highest BCUT2D eigenvalue weighted by molar-refractivity contribution is 7.15. The number of piperazine rings is 1. The lowest BCUT2D eigenvalue weighted by Gasteiger charge is -2.33. The Morgan fingerprint density at radius 2 is 2.08 bits per heavy atom. The van der Waals surface area contributed by atoms with Crippen LogP contribution in [-0.4, -0.2) is 64.9 Å². The summed E-state index contributed by atoms with van der Waals surface area (Å²) in [5, 5.41) is 1.91. The molecule has 26 heavy (non-hydrogen) atoms. The van der Waals surface area contributed by atoms with Gasteiger partial charge in [0.05, 0.1) is 12.8 Å². The van der Waals surface area contributed by atoms with Gasteiger partial charge in [0, 0.05) is 43.3 Å². The number of carbonyl (C=O) groups is 1. The first-order valence-corrected chi connectivity index (χ1v) is 9.70. The minimum absolute atomic E-state index is 0.0848. The molecule has 0 saturated carbocycles. The maximum Gasteiger partial charge on any atom is 0.271 e. The van der Waals surface area contributed by atoms with Gasteiger partial charge >= 0.3 is 0 Å². The molecule has 0 N–H and O–H groups in total. The molecular weight excluding hydrogens is 348 g/mol. The van der Waals surface area contributed by atoms with E-state index in [1.807, 2.05) is 45.1 Å². The molecule has 4 rings (SSSR count). The average molecular weight is 370 g/mol. The van der Waals surface area contributed by atoms with Crippen LogP contribution >= 0.6 is 11.3 Å². The molecule has 6 nitrogen and oxygen atoms in total. The van der Waals surface area contributed by atoms with Crippen molar-refractivity contribution in [1.82, 2.24) is 19.2 Å². The number of methoxy groups -OCH3 is 1. The Morgan fingerprint density at radius 3 is 2.81 bits per heavy atom. The maximum absolute atomic E-state index is 13.0. The normalized spacial score (nSPS) is 15.5. The molecule has 0 aliphatic carbocycles. The maximum atomic E-state index is 13.0. The van der Waals surface area contributed by atoms with Crippen LogP contribution in [0.3, 0.4) is 0 Å². The summed E-state index contributed by atoms with van der Waals surface area (Å²) in [6, 6.07) is 7.81. The standard InChI is InChI=1S/C19H22N4O2S/c1-3-21-7-9-22(10-8-21)18(24)17-13-26-19-20-16(12-23(17)19)14-5-4-6-15(11-14)25-2/h4-6,11-13H,3,7-10H2,1-2H3. The SMILES string of the molecule is CCN1CCN(C(=O)c2csc3nc(-c4cccc(OC)c4)cn23)CC1. The topological polar surface area (TPSA) is 50.1 Å². The number of rotatable bonds is 4. The molecule has 3 aromatic rings. The van der Waals surface area contributed by atoms with Gasteiger partial charge in [-0.25, -0.2) is 4.98 Å². The van der Waals surface area contributed by atoms with E-state index in [1.165, 1.54) is 11.3 Å². The fraction of sp³-hybridized carbons (Fsp3) is 0.368. The fourth-order valence-corrected chi connectivity index (χ4v) is 4.14. The zero-order valence-electron chi connectivity index (χ0n) is 15.0. The number of hydrogen-bond acceptors (Lipinski definition) is 5. The van der Waals surface area contributed by atoms with E-state index in [2.05, 4.69) is 16.8 Å². The zero-order chi connectivity index (χ0) is 18.1. The third kappa shape index (κ3) is 3.08. The minimum Gasteiger partial charge on any atom is -0.497 e. The van der Waals surface area contributed by atoms with Crippen molar-refractivity contribution in [3.63, 3.8) is 0 Å². The van der Waals surface area contributed by atoms with E-state index in [-0.39, 0.29) is 5.91 Å². The number of ether oxygens (including phenoxy) is 1. The number of likely N-dealkylation sites (N-methyl/N-ethyl adjacent to an activating group) is 1. The van der Waals surface area contributed by atoms with Crippen molar-refractivity contribution in [2.24, 2.45) is 0 Å². The van der Waals surface area contributed by atoms with Crippen molar-refractivity contribution < 1.29 is 9.53 Å². The van der Waals surface area contributed by atoms with Crippen molar-refractivity contribution in [2.45, 2.75) is 6.92 Å². The monoisotopic (exact) mass is 370 g/mol. The number of nitrogens with zero attached hydrogens (tertiary/aromatic N) is 4.